The van der Waals surface area contributed by atoms with Gasteiger partial charge >= 0.3 is 0 Å². The lowest BCUT2D eigenvalue weighted by molar-refractivity contribution is 0.503. The standard InChI is InChI=1S/C13H20N2S2/c1-4-10-5-6-16-12(10)7-14-13-15-11(8-17-13)9(2)3/h5-6,9,11H,4,7-8H2,1-3H3,(H,14,15). The fraction of sp³-hybridized carbons (Fsp3) is 0.615. The maximum absolute atomic E-state index is 4.69. The van der Waals surface area contributed by atoms with Crippen LogP contribution < -0.4 is 5.32 Å². The Kier molecular flexibility index (Phi) is 4.51. The predicted molar refractivity (Wildman–Crippen MR) is 79.1 cm³/mol. The second-order valence-corrected chi connectivity index (χ2v) is 6.66. The van der Waals surface area contributed by atoms with Gasteiger partial charge < -0.3 is 5.32 Å². The van der Waals surface area contributed by atoms with Gasteiger partial charge in [-0.05, 0) is 29.3 Å². The molecule has 1 aliphatic rings. The Balaban J connectivity index is 1.94. The van der Waals surface area contributed by atoms with Crippen molar-refractivity contribution in [3.05, 3.63) is 21.9 Å². The Hall–Kier alpha value is -0.480. The maximum atomic E-state index is 4.69. The first-order chi connectivity index (χ1) is 8.20. The van der Waals surface area contributed by atoms with E-state index in [1.165, 1.54) is 10.4 Å². The molecule has 94 valence electrons. The molecular formula is C13H20N2S2. The first kappa shape index (κ1) is 13.0. The zero-order valence-corrected chi connectivity index (χ0v) is 12.3. The van der Waals surface area contributed by atoms with Gasteiger partial charge in [-0.2, -0.15) is 0 Å². The van der Waals surface area contributed by atoms with E-state index in [1.54, 1.807) is 0 Å². The lowest BCUT2D eigenvalue weighted by Gasteiger charge is -2.13. The molecule has 0 aliphatic carbocycles. The number of thioether (sulfide) groups is 1. The number of aryl methyl sites for hydroxylation is 1. The van der Waals surface area contributed by atoms with E-state index in [4.69, 9.17) is 0 Å². The first-order valence-electron chi connectivity index (χ1n) is 6.19. The largest absolute Gasteiger partial charge is 0.361 e. The van der Waals surface area contributed by atoms with E-state index in [1.807, 2.05) is 23.1 Å². The van der Waals surface area contributed by atoms with E-state index < -0.39 is 0 Å². The van der Waals surface area contributed by atoms with Crippen molar-refractivity contribution in [3.63, 3.8) is 0 Å². The molecule has 2 nitrogen and oxygen atoms in total. The molecule has 0 spiro atoms. The van der Waals surface area contributed by atoms with E-state index in [-0.39, 0.29) is 0 Å². The van der Waals surface area contributed by atoms with Crippen LogP contribution in [0.4, 0.5) is 0 Å². The summed E-state index contributed by atoms with van der Waals surface area (Å²) in [6.07, 6.45) is 1.11. The van der Waals surface area contributed by atoms with Crippen molar-refractivity contribution >= 4 is 28.3 Å². The Labute approximate surface area is 112 Å². The lowest BCUT2D eigenvalue weighted by Crippen LogP contribution is -2.31. The number of hydrogen-bond donors (Lipinski definition) is 1. The van der Waals surface area contributed by atoms with Crippen LogP contribution >= 0.6 is 23.1 Å². The highest BCUT2D eigenvalue weighted by molar-refractivity contribution is 8.14. The molecule has 1 aromatic rings. The Morgan fingerprint density at radius 1 is 1.53 bits per heavy atom. The molecule has 0 bridgehead atoms. The fourth-order valence-electron chi connectivity index (χ4n) is 1.83. The molecule has 1 unspecified atom stereocenters. The van der Waals surface area contributed by atoms with Crippen LogP contribution in [-0.2, 0) is 13.0 Å². The molecule has 1 N–H and O–H groups in total. The summed E-state index contributed by atoms with van der Waals surface area (Å²) in [4.78, 5) is 6.10. The molecule has 1 saturated heterocycles. The summed E-state index contributed by atoms with van der Waals surface area (Å²) in [6.45, 7) is 7.56. The fourth-order valence-corrected chi connectivity index (χ4v) is 3.92. The number of hydrogen-bond acceptors (Lipinski definition) is 3. The minimum Gasteiger partial charge on any atom is -0.361 e. The molecule has 2 rings (SSSR count). The number of aliphatic imine (C=N–C) groups is 1. The molecule has 0 saturated carbocycles. The monoisotopic (exact) mass is 268 g/mol. The zero-order chi connectivity index (χ0) is 12.3. The first-order valence-corrected chi connectivity index (χ1v) is 8.06. The molecule has 17 heavy (non-hydrogen) atoms. The summed E-state index contributed by atoms with van der Waals surface area (Å²) in [5.41, 5.74) is 1.45. The van der Waals surface area contributed by atoms with Gasteiger partial charge in [-0.15, -0.1) is 11.3 Å². The van der Waals surface area contributed by atoms with Gasteiger partial charge in [0.25, 0.3) is 0 Å². The highest BCUT2D eigenvalue weighted by Crippen LogP contribution is 2.22. The van der Waals surface area contributed by atoms with Crippen LogP contribution in [0.15, 0.2) is 16.4 Å². The molecule has 1 atom stereocenters. The van der Waals surface area contributed by atoms with Crippen LogP contribution in [0.2, 0.25) is 0 Å². The van der Waals surface area contributed by atoms with Gasteiger partial charge in [0.1, 0.15) is 0 Å². The van der Waals surface area contributed by atoms with Crippen LogP contribution in [-0.4, -0.2) is 17.0 Å². The second-order valence-electron chi connectivity index (χ2n) is 4.65. The summed E-state index contributed by atoms with van der Waals surface area (Å²) in [5, 5.41) is 6.80. The van der Waals surface area contributed by atoms with Crippen molar-refractivity contribution in [3.8, 4) is 0 Å². The predicted octanol–water partition coefficient (Wildman–Crippen LogP) is 3.53. The molecule has 0 radical (unpaired) electrons. The van der Waals surface area contributed by atoms with Crippen molar-refractivity contribution in [1.82, 2.24) is 5.32 Å². The third kappa shape index (κ3) is 3.26. The lowest BCUT2D eigenvalue weighted by atomic mass is 10.1. The molecular weight excluding hydrogens is 248 g/mol. The number of rotatable bonds is 4. The summed E-state index contributed by atoms with van der Waals surface area (Å²) < 4.78 is 0. The normalized spacial score (nSPS) is 22.4. The molecule has 2 heterocycles. The quantitative estimate of drug-likeness (QED) is 0.903. The van der Waals surface area contributed by atoms with E-state index in [0.29, 0.717) is 12.0 Å². The van der Waals surface area contributed by atoms with Crippen molar-refractivity contribution in [2.45, 2.75) is 39.8 Å². The van der Waals surface area contributed by atoms with Crippen molar-refractivity contribution in [1.29, 1.82) is 0 Å². The van der Waals surface area contributed by atoms with Crippen LogP contribution in [0.5, 0.6) is 0 Å². The van der Waals surface area contributed by atoms with E-state index in [2.05, 4.69) is 42.5 Å². The van der Waals surface area contributed by atoms with Crippen molar-refractivity contribution in [2.75, 3.05) is 5.75 Å². The van der Waals surface area contributed by atoms with E-state index in [0.717, 1.165) is 23.9 Å². The van der Waals surface area contributed by atoms with Crippen molar-refractivity contribution in [2.24, 2.45) is 10.9 Å². The van der Waals surface area contributed by atoms with Gasteiger partial charge in [0.05, 0.1) is 6.54 Å². The van der Waals surface area contributed by atoms with Gasteiger partial charge in [-0.25, -0.2) is 0 Å². The Bertz CT molecular complexity index is 396. The number of nitrogens with zero attached hydrogens (tertiary/aromatic N) is 1. The minimum atomic E-state index is 0.590. The van der Waals surface area contributed by atoms with Gasteiger partial charge in [0.15, 0.2) is 5.17 Å². The van der Waals surface area contributed by atoms with E-state index in [9.17, 15) is 0 Å². The molecule has 0 aromatic carbocycles. The average Bonchev–Trinajstić information content (AvgIpc) is 2.95. The van der Waals surface area contributed by atoms with Crippen LogP contribution in [0.25, 0.3) is 0 Å². The molecule has 1 aromatic heterocycles. The summed E-state index contributed by atoms with van der Waals surface area (Å²) >= 11 is 3.68. The molecule has 4 heteroatoms. The second kappa shape index (κ2) is 5.91. The number of amidine groups is 1. The molecule has 1 fully saturated rings. The summed E-state index contributed by atoms with van der Waals surface area (Å²) in [7, 11) is 0. The minimum absolute atomic E-state index is 0.590. The average molecular weight is 268 g/mol. The van der Waals surface area contributed by atoms with Crippen LogP contribution in [0, 0.1) is 5.92 Å². The SMILES string of the molecule is CCc1ccsc1CN=C1NC(C(C)C)CS1. The third-order valence-corrected chi connectivity index (χ3v) is 5.09. The van der Waals surface area contributed by atoms with Gasteiger partial charge in [-0.1, -0.05) is 32.5 Å². The van der Waals surface area contributed by atoms with Gasteiger partial charge in [0.2, 0.25) is 0 Å². The highest BCUT2D eigenvalue weighted by Gasteiger charge is 2.22. The number of nitrogens with one attached hydrogen (secondary N) is 1. The van der Waals surface area contributed by atoms with Gasteiger partial charge in [-0.3, -0.25) is 4.99 Å². The Morgan fingerprint density at radius 3 is 3.00 bits per heavy atom. The van der Waals surface area contributed by atoms with Crippen LogP contribution in [0.3, 0.4) is 0 Å². The Morgan fingerprint density at radius 2 is 2.35 bits per heavy atom. The highest BCUT2D eigenvalue weighted by atomic mass is 32.2. The number of thiophene rings is 1. The third-order valence-electron chi connectivity index (χ3n) is 3.10. The maximum Gasteiger partial charge on any atom is 0.157 e. The molecule has 1 aliphatic heterocycles. The topological polar surface area (TPSA) is 24.4 Å². The smallest absolute Gasteiger partial charge is 0.157 e. The van der Waals surface area contributed by atoms with E-state index >= 15 is 0 Å². The van der Waals surface area contributed by atoms with Crippen molar-refractivity contribution < 1.29 is 0 Å². The molecule has 0 amide bonds. The summed E-state index contributed by atoms with van der Waals surface area (Å²) in [5.74, 6) is 1.84. The zero-order valence-electron chi connectivity index (χ0n) is 10.7. The van der Waals surface area contributed by atoms with Crippen LogP contribution in [0.1, 0.15) is 31.2 Å². The summed E-state index contributed by atoms with van der Waals surface area (Å²) in [6, 6.07) is 2.81. The van der Waals surface area contributed by atoms with Gasteiger partial charge in [0, 0.05) is 16.7 Å².